The van der Waals surface area contributed by atoms with Crippen LogP contribution in [0.2, 0.25) is 5.02 Å². The summed E-state index contributed by atoms with van der Waals surface area (Å²) in [6.45, 7) is 0. The van der Waals surface area contributed by atoms with Crippen molar-refractivity contribution < 1.29 is 19.3 Å². The van der Waals surface area contributed by atoms with E-state index in [2.05, 4.69) is 5.16 Å². The number of carbonyl (C=O) groups is 2. The molecule has 9 heteroatoms. The Morgan fingerprint density at radius 3 is 2.50 bits per heavy atom. The van der Waals surface area contributed by atoms with Crippen molar-refractivity contribution in [2.45, 2.75) is 6.10 Å². The van der Waals surface area contributed by atoms with Crippen molar-refractivity contribution in [3.63, 3.8) is 0 Å². The van der Waals surface area contributed by atoms with Crippen LogP contribution in [-0.2, 0) is 14.4 Å². The maximum Gasteiger partial charge on any atom is 0.278 e. The lowest BCUT2D eigenvalue weighted by Gasteiger charge is -2.15. The first-order valence-electron chi connectivity index (χ1n) is 7.59. The van der Waals surface area contributed by atoms with E-state index < -0.39 is 28.8 Å². The fraction of sp³-hybridized carbons (Fsp3) is 0.118. The van der Waals surface area contributed by atoms with Crippen molar-refractivity contribution in [2.24, 2.45) is 11.1 Å². The van der Waals surface area contributed by atoms with Gasteiger partial charge in [-0.3, -0.25) is 19.7 Å². The molecule has 2 aliphatic rings. The van der Waals surface area contributed by atoms with Crippen LogP contribution in [0.25, 0.3) is 0 Å². The van der Waals surface area contributed by atoms with Crippen molar-refractivity contribution in [2.75, 3.05) is 4.90 Å². The molecule has 130 valence electrons. The van der Waals surface area contributed by atoms with E-state index in [1.54, 1.807) is 18.2 Å². The molecule has 26 heavy (non-hydrogen) atoms. The van der Waals surface area contributed by atoms with Crippen LogP contribution in [0.4, 0.5) is 11.4 Å². The topological polar surface area (TPSA) is 102 Å². The smallest absolute Gasteiger partial charge is 0.278 e. The van der Waals surface area contributed by atoms with Crippen LogP contribution in [0.1, 0.15) is 5.56 Å². The van der Waals surface area contributed by atoms with Gasteiger partial charge in [-0.2, -0.15) is 0 Å². The number of carbonyl (C=O) groups excluding carboxylic acids is 2. The van der Waals surface area contributed by atoms with E-state index in [1.165, 1.54) is 30.3 Å². The molecule has 0 saturated carbocycles. The highest BCUT2D eigenvalue weighted by molar-refractivity contribution is 6.34. The largest absolute Gasteiger partial charge is 0.381 e. The summed E-state index contributed by atoms with van der Waals surface area (Å²) in [5.74, 6) is -1.90. The lowest BCUT2D eigenvalue weighted by atomic mass is 9.94. The van der Waals surface area contributed by atoms with Crippen LogP contribution in [0.5, 0.6) is 0 Å². The average molecular weight is 372 g/mol. The van der Waals surface area contributed by atoms with Gasteiger partial charge in [0.15, 0.2) is 0 Å². The number of nitro groups is 1. The van der Waals surface area contributed by atoms with Gasteiger partial charge in [0.2, 0.25) is 12.0 Å². The van der Waals surface area contributed by atoms with Crippen LogP contribution >= 0.6 is 11.6 Å². The average Bonchev–Trinajstić information content (AvgIpc) is 3.16. The summed E-state index contributed by atoms with van der Waals surface area (Å²) in [5, 5.41) is 15.0. The quantitative estimate of drug-likeness (QED) is 0.468. The second-order valence-electron chi connectivity index (χ2n) is 5.78. The van der Waals surface area contributed by atoms with Crippen molar-refractivity contribution in [1.29, 1.82) is 0 Å². The lowest BCUT2D eigenvalue weighted by molar-refractivity contribution is -0.384. The number of imide groups is 1. The van der Waals surface area contributed by atoms with Crippen LogP contribution in [0.15, 0.2) is 53.7 Å². The first kappa shape index (κ1) is 16.2. The molecule has 0 N–H and O–H groups in total. The molecule has 1 saturated heterocycles. The molecule has 0 aromatic heterocycles. The van der Waals surface area contributed by atoms with E-state index in [-0.39, 0.29) is 11.4 Å². The van der Waals surface area contributed by atoms with Crippen molar-refractivity contribution in [3.8, 4) is 0 Å². The molecule has 0 spiro atoms. The van der Waals surface area contributed by atoms with Crippen molar-refractivity contribution in [1.82, 2.24) is 0 Å². The van der Waals surface area contributed by atoms with Gasteiger partial charge in [0.05, 0.1) is 10.6 Å². The van der Waals surface area contributed by atoms with Gasteiger partial charge < -0.3 is 4.84 Å². The maximum absolute atomic E-state index is 12.9. The minimum absolute atomic E-state index is 0.0841. The summed E-state index contributed by atoms with van der Waals surface area (Å²) >= 11 is 5.94. The van der Waals surface area contributed by atoms with Gasteiger partial charge in [0.1, 0.15) is 11.6 Å². The van der Waals surface area contributed by atoms with Crippen LogP contribution in [-0.4, -0.2) is 28.6 Å². The third-order valence-corrected chi connectivity index (χ3v) is 4.49. The highest BCUT2D eigenvalue weighted by atomic mass is 35.5. The Balaban J connectivity index is 1.67. The lowest BCUT2D eigenvalue weighted by Crippen LogP contribution is -2.33. The van der Waals surface area contributed by atoms with Gasteiger partial charge in [-0.25, -0.2) is 4.90 Å². The van der Waals surface area contributed by atoms with E-state index in [0.717, 1.165) is 4.90 Å². The van der Waals surface area contributed by atoms with Gasteiger partial charge in [-0.1, -0.05) is 22.8 Å². The molecule has 0 radical (unpaired) electrons. The van der Waals surface area contributed by atoms with E-state index in [1.807, 2.05) is 0 Å². The van der Waals surface area contributed by atoms with Gasteiger partial charge in [-0.05, 0) is 30.3 Å². The maximum atomic E-state index is 12.9. The molecule has 2 heterocycles. The number of amides is 2. The van der Waals surface area contributed by atoms with E-state index in [9.17, 15) is 19.7 Å². The van der Waals surface area contributed by atoms with E-state index in [0.29, 0.717) is 16.3 Å². The number of anilines is 1. The van der Waals surface area contributed by atoms with Crippen LogP contribution < -0.4 is 4.90 Å². The normalized spacial score (nSPS) is 21.4. The summed E-state index contributed by atoms with van der Waals surface area (Å²) in [4.78, 5) is 41.9. The number of hydrogen-bond donors (Lipinski definition) is 0. The van der Waals surface area contributed by atoms with E-state index >= 15 is 0 Å². The number of nitro benzene ring substituents is 1. The van der Waals surface area contributed by atoms with E-state index in [4.69, 9.17) is 16.4 Å². The number of non-ortho nitro benzene ring substituents is 1. The summed E-state index contributed by atoms with van der Waals surface area (Å²) in [5.41, 5.74) is 1.03. The number of fused-ring (bicyclic) bond motifs is 1. The van der Waals surface area contributed by atoms with Crippen LogP contribution in [0.3, 0.4) is 0 Å². The minimum atomic E-state index is -1.05. The molecule has 0 aliphatic carbocycles. The molecule has 2 aliphatic heterocycles. The summed E-state index contributed by atoms with van der Waals surface area (Å²) < 4.78 is 0. The first-order chi connectivity index (χ1) is 12.5. The number of halogens is 1. The molecule has 2 atom stereocenters. The number of benzene rings is 2. The second kappa shape index (κ2) is 5.92. The number of rotatable bonds is 3. The number of oxime groups is 1. The molecule has 4 rings (SSSR count). The Morgan fingerprint density at radius 2 is 1.85 bits per heavy atom. The standard InChI is InChI=1S/C17H10ClN3O5/c18-10-2-1-3-12(8-10)20-16(22)13-14(19-26-15(13)17(20)23)9-4-6-11(7-5-9)21(24)25/h1-8,13,15H/t13-,15-/m0/s1. The Bertz CT molecular complexity index is 973. The summed E-state index contributed by atoms with van der Waals surface area (Å²) in [6.07, 6.45) is -1.05. The molecular formula is C17H10ClN3O5. The number of hydrogen-bond acceptors (Lipinski definition) is 6. The second-order valence-corrected chi connectivity index (χ2v) is 6.21. The molecule has 2 amide bonds. The molecule has 0 unspecified atom stereocenters. The minimum Gasteiger partial charge on any atom is -0.381 e. The zero-order chi connectivity index (χ0) is 18.4. The zero-order valence-electron chi connectivity index (χ0n) is 13.0. The summed E-state index contributed by atoms with van der Waals surface area (Å²) in [7, 11) is 0. The molecule has 2 aromatic rings. The van der Waals surface area contributed by atoms with Crippen molar-refractivity contribution in [3.05, 3.63) is 69.2 Å². The Kier molecular flexibility index (Phi) is 3.69. The van der Waals surface area contributed by atoms with Crippen molar-refractivity contribution >= 4 is 40.5 Å². The first-order valence-corrected chi connectivity index (χ1v) is 7.97. The molecule has 8 nitrogen and oxygen atoms in total. The van der Waals surface area contributed by atoms with Gasteiger partial charge in [0.25, 0.3) is 11.6 Å². The van der Waals surface area contributed by atoms with Gasteiger partial charge >= 0.3 is 0 Å². The SMILES string of the molecule is O=C1[C@H]2C(c3ccc([N+](=O)[O-])cc3)=NO[C@@H]2C(=O)N1c1cccc(Cl)c1. The van der Waals surface area contributed by atoms with Crippen LogP contribution in [0, 0.1) is 16.0 Å². The zero-order valence-corrected chi connectivity index (χ0v) is 13.8. The fourth-order valence-electron chi connectivity index (χ4n) is 3.04. The Morgan fingerprint density at radius 1 is 1.12 bits per heavy atom. The highest BCUT2D eigenvalue weighted by Crippen LogP contribution is 2.36. The third kappa shape index (κ3) is 2.42. The predicted molar refractivity (Wildman–Crippen MR) is 91.9 cm³/mol. The Hall–Kier alpha value is -3.26. The van der Waals surface area contributed by atoms with Gasteiger partial charge in [0, 0.05) is 22.7 Å². The molecule has 0 bridgehead atoms. The summed E-state index contributed by atoms with van der Waals surface area (Å²) in [6, 6.07) is 12.0. The van der Waals surface area contributed by atoms with Gasteiger partial charge in [-0.15, -0.1) is 0 Å². The predicted octanol–water partition coefficient (Wildman–Crippen LogP) is 2.54. The molecule has 2 aromatic carbocycles. The Labute approximate surface area is 151 Å². The number of nitrogens with zero attached hydrogens (tertiary/aromatic N) is 3. The monoisotopic (exact) mass is 371 g/mol. The fourth-order valence-corrected chi connectivity index (χ4v) is 3.22. The highest BCUT2D eigenvalue weighted by Gasteiger charge is 2.56. The third-order valence-electron chi connectivity index (χ3n) is 4.25. The molecule has 1 fully saturated rings. The molecular weight excluding hydrogens is 362 g/mol.